The van der Waals surface area contributed by atoms with Crippen LogP contribution < -0.4 is 4.90 Å². The zero-order chi connectivity index (χ0) is 8.43. The molecule has 1 aromatic rings. The van der Waals surface area contributed by atoms with E-state index in [0.717, 1.165) is 23.9 Å². The average molecular weight is 154 g/mol. The van der Waals surface area contributed by atoms with Gasteiger partial charge in [-0.1, -0.05) is 6.92 Å². The molecule has 0 saturated heterocycles. The van der Waals surface area contributed by atoms with Crippen LogP contribution in [-0.2, 0) is 6.42 Å². The van der Waals surface area contributed by atoms with Crippen LogP contribution in [0.25, 0.3) is 0 Å². The lowest BCUT2D eigenvalue weighted by atomic mass is 10.3. The summed E-state index contributed by atoms with van der Waals surface area (Å²) in [5, 5.41) is 0. The van der Waals surface area contributed by atoms with Crippen molar-refractivity contribution in [1.29, 1.82) is 0 Å². The van der Waals surface area contributed by atoms with E-state index < -0.39 is 0 Å². The molecule has 0 radical (unpaired) electrons. The number of nitrogens with zero attached hydrogens (tertiary/aromatic N) is 2. The van der Waals surface area contributed by atoms with Crippen molar-refractivity contribution in [3.05, 3.63) is 11.7 Å². The first kappa shape index (κ1) is 8.11. The fourth-order valence-electron chi connectivity index (χ4n) is 1.04. The number of hydrogen-bond acceptors (Lipinski definition) is 3. The second kappa shape index (κ2) is 2.95. The molecule has 1 rings (SSSR count). The third-order valence-corrected chi connectivity index (χ3v) is 1.53. The van der Waals surface area contributed by atoms with Crippen molar-refractivity contribution in [3.8, 4) is 0 Å². The maximum Gasteiger partial charge on any atom is 0.193 e. The van der Waals surface area contributed by atoms with Crippen LogP contribution in [0.1, 0.15) is 18.6 Å². The van der Waals surface area contributed by atoms with E-state index in [0.29, 0.717) is 0 Å². The summed E-state index contributed by atoms with van der Waals surface area (Å²) in [5.41, 5.74) is 0. The number of hydrogen-bond donors (Lipinski definition) is 0. The van der Waals surface area contributed by atoms with Crippen molar-refractivity contribution in [2.75, 3.05) is 19.0 Å². The Morgan fingerprint density at radius 1 is 1.45 bits per heavy atom. The minimum atomic E-state index is 0.741. The molecule has 0 bridgehead atoms. The summed E-state index contributed by atoms with van der Waals surface area (Å²) in [4.78, 5) is 6.21. The molecule has 0 spiro atoms. The molecule has 0 saturated carbocycles. The Bertz CT molecular complexity index is 240. The molecule has 62 valence electrons. The molecule has 0 amide bonds. The maximum atomic E-state index is 5.37. The summed E-state index contributed by atoms with van der Waals surface area (Å²) >= 11 is 0. The topological polar surface area (TPSA) is 29.3 Å². The largest absolute Gasteiger partial charge is 0.444 e. The molecule has 0 aromatic carbocycles. The Morgan fingerprint density at radius 3 is 2.45 bits per heavy atom. The first-order valence-electron chi connectivity index (χ1n) is 3.78. The lowest BCUT2D eigenvalue weighted by molar-refractivity contribution is 0.480. The zero-order valence-electron chi connectivity index (χ0n) is 7.51. The van der Waals surface area contributed by atoms with Gasteiger partial charge < -0.3 is 9.32 Å². The molecule has 0 unspecified atom stereocenters. The van der Waals surface area contributed by atoms with Crippen LogP contribution in [0.15, 0.2) is 4.42 Å². The van der Waals surface area contributed by atoms with Gasteiger partial charge in [-0.2, -0.15) is 4.98 Å². The molecule has 11 heavy (non-hydrogen) atoms. The zero-order valence-corrected chi connectivity index (χ0v) is 7.51. The van der Waals surface area contributed by atoms with E-state index in [1.54, 1.807) is 0 Å². The third-order valence-electron chi connectivity index (χ3n) is 1.53. The molecule has 3 nitrogen and oxygen atoms in total. The summed E-state index contributed by atoms with van der Waals surface area (Å²) in [6, 6.07) is 0. The lowest BCUT2D eigenvalue weighted by Gasteiger charge is -2.07. The summed E-state index contributed by atoms with van der Waals surface area (Å²) in [7, 11) is 3.94. The molecule has 0 fully saturated rings. The summed E-state index contributed by atoms with van der Waals surface area (Å²) in [5.74, 6) is 2.66. The minimum absolute atomic E-state index is 0.741. The van der Waals surface area contributed by atoms with Crippen LogP contribution in [0.5, 0.6) is 0 Å². The van der Waals surface area contributed by atoms with Crippen molar-refractivity contribution >= 4 is 5.82 Å². The van der Waals surface area contributed by atoms with E-state index in [9.17, 15) is 0 Å². The van der Waals surface area contributed by atoms with Gasteiger partial charge in [-0.3, -0.25) is 0 Å². The van der Waals surface area contributed by atoms with Crippen molar-refractivity contribution in [2.24, 2.45) is 0 Å². The molecule has 0 aliphatic heterocycles. The number of aryl methyl sites for hydroxylation is 2. The van der Waals surface area contributed by atoms with E-state index >= 15 is 0 Å². The minimum Gasteiger partial charge on any atom is -0.444 e. The first-order valence-corrected chi connectivity index (χ1v) is 3.78. The van der Waals surface area contributed by atoms with E-state index in [4.69, 9.17) is 4.42 Å². The fraction of sp³-hybridized carbons (Fsp3) is 0.625. The second-order valence-electron chi connectivity index (χ2n) is 2.73. The highest BCUT2D eigenvalue weighted by Crippen LogP contribution is 2.18. The van der Waals surface area contributed by atoms with Crippen LogP contribution in [0.3, 0.4) is 0 Å². The van der Waals surface area contributed by atoms with Gasteiger partial charge in [0.1, 0.15) is 5.76 Å². The van der Waals surface area contributed by atoms with Crippen molar-refractivity contribution in [3.63, 3.8) is 0 Å². The predicted molar refractivity (Wildman–Crippen MR) is 44.9 cm³/mol. The molecule has 0 atom stereocenters. The molecule has 1 aromatic heterocycles. The van der Waals surface area contributed by atoms with Gasteiger partial charge in [-0.25, -0.2) is 0 Å². The van der Waals surface area contributed by atoms with Crippen LogP contribution >= 0.6 is 0 Å². The van der Waals surface area contributed by atoms with Gasteiger partial charge in [0.2, 0.25) is 0 Å². The summed E-state index contributed by atoms with van der Waals surface area (Å²) < 4.78 is 5.37. The highest BCUT2D eigenvalue weighted by molar-refractivity contribution is 5.40. The Kier molecular flexibility index (Phi) is 2.17. The average Bonchev–Trinajstić information content (AvgIpc) is 2.30. The van der Waals surface area contributed by atoms with Crippen LogP contribution in [0.4, 0.5) is 5.82 Å². The van der Waals surface area contributed by atoms with Crippen LogP contribution in [-0.4, -0.2) is 19.1 Å². The monoisotopic (exact) mass is 154 g/mol. The number of anilines is 1. The van der Waals surface area contributed by atoms with Gasteiger partial charge in [-0.05, 0) is 0 Å². The van der Waals surface area contributed by atoms with Crippen LogP contribution in [0.2, 0.25) is 0 Å². The van der Waals surface area contributed by atoms with Crippen LogP contribution in [0, 0.1) is 6.92 Å². The quantitative estimate of drug-likeness (QED) is 0.648. The molecule has 0 N–H and O–H groups in total. The van der Waals surface area contributed by atoms with E-state index in [1.165, 1.54) is 0 Å². The molecule has 0 aliphatic rings. The molecular weight excluding hydrogens is 140 g/mol. The molecule has 1 heterocycles. The first-order chi connectivity index (χ1) is 5.15. The third kappa shape index (κ3) is 1.53. The van der Waals surface area contributed by atoms with Gasteiger partial charge >= 0.3 is 0 Å². The van der Waals surface area contributed by atoms with Gasteiger partial charge in [0.05, 0.1) is 0 Å². The van der Waals surface area contributed by atoms with Gasteiger partial charge in [0, 0.05) is 27.4 Å². The number of oxazole rings is 1. The second-order valence-corrected chi connectivity index (χ2v) is 2.73. The lowest BCUT2D eigenvalue weighted by Crippen LogP contribution is -2.10. The SMILES string of the molecule is CCc1oc(C)nc1N(C)C. The van der Waals surface area contributed by atoms with Gasteiger partial charge in [0.25, 0.3) is 0 Å². The Labute approximate surface area is 67.0 Å². The van der Waals surface area contributed by atoms with Crippen molar-refractivity contribution < 1.29 is 4.42 Å². The standard InChI is InChI=1S/C8H14N2O/c1-5-7-8(10(3)4)9-6(2)11-7/h5H2,1-4H3. The number of rotatable bonds is 2. The highest BCUT2D eigenvalue weighted by atomic mass is 16.4. The maximum absolute atomic E-state index is 5.37. The number of aromatic nitrogens is 1. The van der Waals surface area contributed by atoms with E-state index in [2.05, 4.69) is 11.9 Å². The van der Waals surface area contributed by atoms with Gasteiger partial charge in [0.15, 0.2) is 11.7 Å². The van der Waals surface area contributed by atoms with E-state index in [-0.39, 0.29) is 0 Å². The predicted octanol–water partition coefficient (Wildman–Crippen LogP) is 1.61. The Morgan fingerprint density at radius 2 is 2.09 bits per heavy atom. The molecular formula is C8H14N2O. The van der Waals surface area contributed by atoms with Crippen molar-refractivity contribution in [2.45, 2.75) is 20.3 Å². The summed E-state index contributed by atoms with van der Waals surface area (Å²) in [6.07, 6.45) is 0.897. The van der Waals surface area contributed by atoms with E-state index in [1.807, 2.05) is 25.9 Å². The van der Waals surface area contributed by atoms with Crippen molar-refractivity contribution in [1.82, 2.24) is 4.98 Å². The highest BCUT2D eigenvalue weighted by Gasteiger charge is 2.09. The smallest absolute Gasteiger partial charge is 0.193 e. The van der Waals surface area contributed by atoms with Gasteiger partial charge in [-0.15, -0.1) is 0 Å². The normalized spacial score (nSPS) is 10.2. The Balaban J connectivity index is 3.02. The Hall–Kier alpha value is -0.990. The fourth-order valence-corrected chi connectivity index (χ4v) is 1.04. The molecule has 3 heteroatoms. The molecule has 0 aliphatic carbocycles. The summed E-state index contributed by atoms with van der Waals surface area (Å²) in [6.45, 7) is 3.93.